The third kappa shape index (κ3) is 9.33. The molecule has 138 valence electrons. The molecule has 23 heavy (non-hydrogen) atoms. The van der Waals surface area contributed by atoms with E-state index >= 15 is 0 Å². The fraction of sp³-hybridized carbons (Fsp3) is 0.917. The lowest BCUT2D eigenvalue weighted by molar-refractivity contribution is -0.115. The highest BCUT2D eigenvalue weighted by Gasteiger charge is 2.35. The van der Waals surface area contributed by atoms with Gasteiger partial charge < -0.3 is 10.1 Å². The molecule has 2 aliphatic rings. The van der Waals surface area contributed by atoms with Crippen molar-refractivity contribution >= 4 is 25.8 Å². The van der Waals surface area contributed by atoms with Crippen molar-refractivity contribution in [1.82, 2.24) is 10.2 Å². The van der Waals surface area contributed by atoms with E-state index in [-0.39, 0.29) is 16.3 Å². The number of hydrogen-bond acceptors (Lipinski definition) is 7. The van der Waals surface area contributed by atoms with Crippen molar-refractivity contribution in [2.24, 2.45) is 10.3 Å². The van der Waals surface area contributed by atoms with E-state index in [4.69, 9.17) is 10.3 Å². The summed E-state index contributed by atoms with van der Waals surface area (Å²) in [6, 6.07) is 0.424. The molecule has 0 radical (unpaired) electrons. The fourth-order valence-corrected chi connectivity index (χ4v) is 3.09. The first-order chi connectivity index (χ1) is 10.2. The van der Waals surface area contributed by atoms with Crippen LogP contribution in [0.25, 0.3) is 0 Å². The summed E-state index contributed by atoms with van der Waals surface area (Å²) in [4.78, 5) is 11.5. The van der Waals surface area contributed by atoms with Crippen molar-refractivity contribution in [2.75, 3.05) is 26.2 Å². The molecule has 11 heteroatoms. The Morgan fingerprint density at radius 1 is 1.00 bits per heavy atom. The highest BCUT2D eigenvalue weighted by molar-refractivity contribution is 7.90. The van der Waals surface area contributed by atoms with Crippen LogP contribution in [0.1, 0.15) is 27.7 Å². The minimum absolute atomic E-state index is 0.167. The lowest BCUT2D eigenvalue weighted by Gasteiger charge is -2.40. The van der Waals surface area contributed by atoms with E-state index in [0.717, 1.165) is 0 Å². The normalized spacial score (nSPS) is 19.6. The number of carbonyl (C=O) groups excluding carboxylic acids is 1. The molecular weight excluding hydrogens is 344 g/mol. The number of ketones is 1. The number of carbonyl (C=O) groups is 1. The van der Waals surface area contributed by atoms with Gasteiger partial charge in [0.1, 0.15) is 11.0 Å². The standard InChI is InChI=1S/C6H14N2O2S.C3H8N2O2S.C3H6O/c1-5(2)8-3-6(4-8)11(7,9)10;4-8(6,7)3-1-5-2-3;1-3(2)4/h5-6H,3-4H2,1-2H3,(H2,7,9,10);3,5H,1-2H2,(H2,4,6,7);1-2H3. The number of nitrogens with two attached hydrogens (primary N) is 2. The van der Waals surface area contributed by atoms with E-state index in [9.17, 15) is 21.6 Å². The SMILES string of the molecule is CC(C)=O.CC(C)N1CC(S(N)(=O)=O)C1.NS(=O)(=O)C1CNC1. The van der Waals surface area contributed by atoms with Gasteiger partial charge in [-0.2, -0.15) is 0 Å². The van der Waals surface area contributed by atoms with Crippen molar-refractivity contribution in [3.05, 3.63) is 0 Å². The lowest BCUT2D eigenvalue weighted by Crippen LogP contribution is -2.58. The lowest BCUT2D eigenvalue weighted by atomic mass is 10.1. The first kappa shape index (κ1) is 22.4. The molecule has 0 atom stereocenters. The van der Waals surface area contributed by atoms with Gasteiger partial charge in [0.05, 0.1) is 5.25 Å². The Bertz CT molecular complexity index is 575. The van der Waals surface area contributed by atoms with Crippen molar-refractivity contribution < 1.29 is 21.6 Å². The van der Waals surface area contributed by atoms with Crippen molar-refractivity contribution in [1.29, 1.82) is 0 Å². The molecule has 0 aromatic heterocycles. The van der Waals surface area contributed by atoms with Crippen LogP contribution in [0.2, 0.25) is 0 Å². The molecule has 9 nitrogen and oxygen atoms in total. The number of primary sulfonamides is 2. The zero-order chi connectivity index (χ0) is 18.4. The molecule has 0 amide bonds. The summed E-state index contributed by atoms with van der Waals surface area (Å²) in [6.45, 7) is 9.35. The zero-order valence-corrected chi connectivity index (χ0v) is 15.7. The second-order valence-corrected chi connectivity index (χ2v) is 9.73. The number of nitrogens with zero attached hydrogens (tertiary/aromatic N) is 1. The van der Waals surface area contributed by atoms with Gasteiger partial charge in [0.15, 0.2) is 0 Å². The summed E-state index contributed by atoms with van der Waals surface area (Å²) < 4.78 is 42.2. The number of sulfonamides is 2. The Hall–Kier alpha value is -0.590. The van der Waals surface area contributed by atoms with Gasteiger partial charge >= 0.3 is 0 Å². The van der Waals surface area contributed by atoms with Crippen LogP contribution >= 0.6 is 0 Å². The summed E-state index contributed by atoms with van der Waals surface area (Å²) >= 11 is 0. The van der Waals surface area contributed by atoms with Crippen LogP contribution in [0.5, 0.6) is 0 Å². The summed E-state index contributed by atoms with van der Waals surface area (Å²) in [5.41, 5.74) is 0. The number of Topliss-reactive ketones (excluding diaryl/α,β-unsaturated/α-hetero) is 1. The highest BCUT2D eigenvalue weighted by atomic mass is 32.2. The van der Waals surface area contributed by atoms with E-state index < -0.39 is 20.0 Å². The largest absolute Gasteiger partial charge is 0.314 e. The molecule has 2 fully saturated rings. The average Bonchev–Trinajstić information content (AvgIpc) is 2.03. The summed E-state index contributed by atoms with van der Waals surface area (Å²) in [6.07, 6.45) is 0. The van der Waals surface area contributed by atoms with E-state index in [1.165, 1.54) is 13.8 Å². The Balaban J connectivity index is 0.000000354. The van der Waals surface area contributed by atoms with E-state index in [1.54, 1.807) is 0 Å². The van der Waals surface area contributed by atoms with Crippen molar-refractivity contribution in [2.45, 2.75) is 44.2 Å². The minimum Gasteiger partial charge on any atom is -0.314 e. The molecule has 0 aliphatic carbocycles. The third-order valence-electron chi connectivity index (χ3n) is 3.28. The molecular formula is C12H28N4O5S2. The van der Waals surface area contributed by atoms with Crippen LogP contribution in [0.15, 0.2) is 0 Å². The molecule has 5 N–H and O–H groups in total. The number of rotatable bonds is 3. The quantitative estimate of drug-likeness (QED) is 0.529. The van der Waals surface area contributed by atoms with Gasteiger partial charge in [-0.25, -0.2) is 27.1 Å². The first-order valence-corrected chi connectivity index (χ1v) is 10.4. The summed E-state index contributed by atoms with van der Waals surface area (Å²) in [5.74, 6) is 0.167. The number of hydrogen-bond donors (Lipinski definition) is 3. The van der Waals surface area contributed by atoms with Gasteiger partial charge in [-0.15, -0.1) is 0 Å². The van der Waals surface area contributed by atoms with Gasteiger partial charge in [0.2, 0.25) is 20.0 Å². The molecule has 0 bridgehead atoms. The van der Waals surface area contributed by atoms with E-state index in [1.807, 2.05) is 13.8 Å². The van der Waals surface area contributed by atoms with Crippen molar-refractivity contribution in [3.8, 4) is 0 Å². The molecule has 0 unspecified atom stereocenters. The highest BCUT2D eigenvalue weighted by Crippen LogP contribution is 2.16. The number of nitrogens with one attached hydrogen (secondary N) is 1. The maximum Gasteiger partial charge on any atom is 0.214 e. The van der Waals surface area contributed by atoms with Crippen molar-refractivity contribution in [3.63, 3.8) is 0 Å². The van der Waals surface area contributed by atoms with Gasteiger partial charge in [0, 0.05) is 32.2 Å². The fourth-order valence-electron chi connectivity index (χ4n) is 1.59. The maximum absolute atomic E-state index is 10.7. The van der Waals surface area contributed by atoms with Crippen LogP contribution in [0, 0.1) is 0 Å². The molecule has 2 rings (SSSR count). The minimum atomic E-state index is -3.27. The van der Waals surface area contributed by atoms with Crippen LogP contribution in [0.3, 0.4) is 0 Å². The second-order valence-electron chi connectivity index (χ2n) is 6.04. The smallest absolute Gasteiger partial charge is 0.214 e. The summed E-state index contributed by atoms with van der Waals surface area (Å²) in [5, 5.41) is 11.9. The second kappa shape index (κ2) is 9.04. The predicted molar refractivity (Wildman–Crippen MR) is 89.7 cm³/mol. The Labute approximate surface area is 138 Å². The Kier molecular flexibility index (Phi) is 8.81. The first-order valence-electron chi connectivity index (χ1n) is 7.20. The molecule has 2 aliphatic heterocycles. The third-order valence-corrected chi connectivity index (χ3v) is 5.77. The average molecular weight is 373 g/mol. The van der Waals surface area contributed by atoms with Crippen LogP contribution < -0.4 is 15.6 Å². The van der Waals surface area contributed by atoms with Crippen LogP contribution in [0.4, 0.5) is 0 Å². The van der Waals surface area contributed by atoms with Gasteiger partial charge in [-0.05, 0) is 27.7 Å². The van der Waals surface area contributed by atoms with Crippen LogP contribution in [-0.2, 0) is 24.8 Å². The summed E-state index contributed by atoms with van der Waals surface area (Å²) in [7, 11) is -6.50. The molecule has 0 spiro atoms. The van der Waals surface area contributed by atoms with E-state index in [0.29, 0.717) is 32.2 Å². The van der Waals surface area contributed by atoms with E-state index in [2.05, 4.69) is 10.2 Å². The predicted octanol–water partition coefficient (Wildman–Crippen LogP) is -1.79. The Morgan fingerprint density at radius 3 is 1.48 bits per heavy atom. The number of likely N-dealkylation sites (tertiary alicyclic amines) is 1. The molecule has 0 aromatic carbocycles. The van der Waals surface area contributed by atoms with Gasteiger partial charge in [-0.3, -0.25) is 4.90 Å². The molecule has 2 heterocycles. The Morgan fingerprint density at radius 2 is 1.35 bits per heavy atom. The van der Waals surface area contributed by atoms with Gasteiger partial charge in [-0.1, -0.05) is 0 Å². The molecule has 0 aromatic rings. The maximum atomic E-state index is 10.7. The van der Waals surface area contributed by atoms with Crippen LogP contribution in [-0.4, -0.2) is 70.2 Å². The topological polar surface area (TPSA) is 153 Å². The zero-order valence-electron chi connectivity index (χ0n) is 14.0. The van der Waals surface area contributed by atoms with Gasteiger partial charge in [0.25, 0.3) is 0 Å². The monoisotopic (exact) mass is 372 g/mol. The molecule has 2 saturated heterocycles. The molecule has 0 saturated carbocycles.